The zero-order chi connectivity index (χ0) is 27.3. The van der Waals surface area contributed by atoms with Crippen LogP contribution in [0.5, 0.6) is 0 Å². The molecular weight excluding hydrogens is 484 g/mol. The van der Waals surface area contributed by atoms with Gasteiger partial charge in [0.1, 0.15) is 23.9 Å². The van der Waals surface area contributed by atoms with E-state index in [1.165, 1.54) is 6.92 Å². The first-order valence-corrected chi connectivity index (χ1v) is 13.4. The van der Waals surface area contributed by atoms with Gasteiger partial charge in [-0.2, -0.15) is 0 Å². The Morgan fingerprint density at radius 3 is 1.89 bits per heavy atom. The van der Waals surface area contributed by atoms with Crippen LogP contribution in [0.2, 0.25) is 0 Å². The van der Waals surface area contributed by atoms with Gasteiger partial charge in [0.05, 0.1) is 22.1 Å². The second-order valence-corrected chi connectivity index (χ2v) is 11.7. The second-order valence-electron chi connectivity index (χ2n) is 11.7. The molecule has 0 N–H and O–H groups in total. The van der Waals surface area contributed by atoms with E-state index in [2.05, 4.69) is 6.92 Å². The molecular formula is C31H36O7. The summed E-state index contributed by atoms with van der Waals surface area (Å²) in [6, 6.07) is 17.8. The van der Waals surface area contributed by atoms with E-state index in [1.807, 2.05) is 32.9 Å². The van der Waals surface area contributed by atoms with Gasteiger partial charge in [-0.3, -0.25) is 4.79 Å². The largest absolute Gasteiger partial charge is 0.462 e. The van der Waals surface area contributed by atoms with E-state index < -0.39 is 52.8 Å². The Balaban J connectivity index is 1.60. The monoisotopic (exact) mass is 520 g/mol. The minimum Gasteiger partial charge on any atom is -0.462 e. The van der Waals surface area contributed by atoms with Gasteiger partial charge in [0.2, 0.25) is 0 Å². The fourth-order valence-corrected chi connectivity index (χ4v) is 7.32. The van der Waals surface area contributed by atoms with Crippen LogP contribution in [0.15, 0.2) is 60.7 Å². The number of carbonyl (C=O) groups is 3. The number of hydrogen-bond acceptors (Lipinski definition) is 7. The zero-order valence-electron chi connectivity index (χ0n) is 22.6. The highest BCUT2D eigenvalue weighted by Crippen LogP contribution is 2.67. The summed E-state index contributed by atoms with van der Waals surface area (Å²) in [7, 11) is 0. The third-order valence-electron chi connectivity index (χ3n) is 9.17. The van der Waals surface area contributed by atoms with Crippen molar-refractivity contribution >= 4 is 17.9 Å². The lowest BCUT2D eigenvalue weighted by molar-refractivity contribution is -0.282. The topological polar surface area (TPSA) is 88.1 Å². The van der Waals surface area contributed by atoms with Crippen LogP contribution in [0, 0.1) is 17.3 Å². The quantitative estimate of drug-likeness (QED) is 0.387. The molecule has 38 heavy (non-hydrogen) atoms. The molecule has 3 fully saturated rings. The van der Waals surface area contributed by atoms with Crippen LogP contribution in [0.1, 0.15) is 74.6 Å². The molecule has 0 aromatic heterocycles. The molecule has 2 aliphatic carbocycles. The van der Waals surface area contributed by atoms with E-state index in [0.29, 0.717) is 30.4 Å². The summed E-state index contributed by atoms with van der Waals surface area (Å²) in [6.45, 7) is 9.45. The van der Waals surface area contributed by atoms with Crippen LogP contribution in [-0.2, 0) is 23.7 Å². The normalized spacial score (nSPS) is 35.0. The summed E-state index contributed by atoms with van der Waals surface area (Å²) in [5.74, 6) is -1.58. The smallest absolute Gasteiger partial charge is 0.338 e. The SMILES string of the molecule is CC(=O)O[C@H]1CCC(C)C23OC(C)(C)C(C[C@H](OC(=O)c4ccccc4)[C@]12C)[C@@H]3OC(=O)c1ccccc1. The van der Waals surface area contributed by atoms with Crippen molar-refractivity contribution in [2.75, 3.05) is 0 Å². The van der Waals surface area contributed by atoms with E-state index >= 15 is 0 Å². The lowest BCUT2D eigenvalue weighted by Crippen LogP contribution is -2.73. The molecule has 2 aromatic carbocycles. The van der Waals surface area contributed by atoms with Crippen molar-refractivity contribution in [3.8, 4) is 0 Å². The summed E-state index contributed by atoms with van der Waals surface area (Å²) >= 11 is 0. The van der Waals surface area contributed by atoms with Crippen molar-refractivity contribution < 1.29 is 33.3 Å². The van der Waals surface area contributed by atoms with Crippen LogP contribution in [-0.4, -0.2) is 47.4 Å². The number of fused-ring (bicyclic) bond motifs is 1. The fraction of sp³-hybridized carbons (Fsp3) is 0.516. The molecule has 202 valence electrons. The highest BCUT2D eigenvalue weighted by molar-refractivity contribution is 5.90. The molecule has 1 spiro atoms. The molecule has 3 aliphatic rings. The molecule has 3 unspecified atom stereocenters. The Hall–Kier alpha value is -3.19. The summed E-state index contributed by atoms with van der Waals surface area (Å²) in [5, 5.41) is 0. The van der Waals surface area contributed by atoms with Crippen LogP contribution < -0.4 is 0 Å². The molecule has 5 rings (SSSR count). The Kier molecular flexibility index (Phi) is 6.62. The summed E-state index contributed by atoms with van der Waals surface area (Å²) < 4.78 is 25.5. The van der Waals surface area contributed by atoms with Gasteiger partial charge in [0.25, 0.3) is 0 Å². The van der Waals surface area contributed by atoms with Gasteiger partial charge in [-0.15, -0.1) is 0 Å². The van der Waals surface area contributed by atoms with Crippen LogP contribution in [0.4, 0.5) is 0 Å². The average Bonchev–Trinajstić information content (AvgIpc) is 3.07. The molecule has 7 nitrogen and oxygen atoms in total. The Morgan fingerprint density at radius 1 is 0.789 bits per heavy atom. The number of hydrogen-bond donors (Lipinski definition) is 0. The standard InChI is InChI=1S/C31H36O7/c1-19-16-17-24(35-20(2)32)30(5)25(36-27(33)21-12-8-6-9-13-21)18-23-26(31(19,30)38-29(23,3)4)37-28(34)22-14-10-7-11-15-22/h6-15,19,23-26H,16-18H2,1-5H3/t19?,23?,24-,25-,26-,30-,31?/m0/s1. The predicted octanol–water partition coefficient (Wildman–Crippen LogP) is 5.37. The Labute approximate surface area is 223 Å². The molecule has 1 saturated heterocycles. The number of rotatable bonds is 5. The van der Waals surface area contributed by atoms with E-state index in [4.69, 9.17) is 18.9 Å². The molecule has 0 amide bonds. The maximum absolute atomic E-state index is 13.4. The average molecular weight is 521 g/mol. The number of benzene rings is 2. The summed E-state index contributed by atoms with van der Waals surface area (Å²) in [4.78, 5) is 39.0. The van der Waals surface area contributed by atoms with Gasteiger partial charge < -0.3 is 18.9 Å². The third-order valence-corrected chi connectivity index (χ3v) is 9.17. The predicted molar refractivity (Wildman–Crippen MR) is 139 cm³/mol. The number of esters is 3. The molecule has 0 radical (unpaired) electrons. The van der Waals surface area contributed by atoms with Crippen molar-refractivity contribution in [2.24, 2.45) is 17.3 Å². The summed E-state index contributed by atoms with van der Waals surface area (Å²) in [5.41, 5.74) is -1.77. The third kappa shape index (κ3) is 4.03. The minimum absolute atomic E-state index is 0.0598. The number of carbonyl (C=O) groups excluding carboxylic acids is 3. The molecule has 1 aliphatic heterocycles. The maximum atomic E-state index is 13.4. The highest BCUT2D eigenvalue weighted by Gasteiger charge is 2.79. The Morgan fingerprint density at radius 2 is 1.34 bits per heavy atom. The molecule has 7 atom stereocenters. The van der Waals surface area contributed by atoms with Crippen LogP contribution in [0.3, 0.4) is 0 Å². The van der Waals surface area contributed by atoms with Gasteiger partial charge in [-0.1, -0.05) is 43.3 Å². The van der Waals surface area contributed by atoms with Crippen molar-refractivity contribution in [1.82, 2.24) is 0 Å². The highest BCUT2D eigenvalue weighted by atomic mass is 16.6. The first-order chi connectivity index (χ1) is 18.0. The molecule has 7 heteroatoms. The first kappa shape index (κ1) is 26.4. The molecule has 2 saturated carbocycles. The van der Waals surface area contributed by atoms with Crippen LogP contribution in [0.25, 0.3) is 0 Å². The van der Waals surface area contributed by atoms with Crippen molar-refractivity contribution in [2.45, 2.75) is 83.4 Å². The van der Waals surface area contributed by atoms with Gasteiger partial charge in [-0.05, 0) is 70.2 Å². The van der Waals surface area contributed by atoms with Crippen molar-refractivity contribution in [3.05, 3.63) is 71.8 Å². The van der Waals surface area contributed by atoms with Gasteiger partial charge in [-0.25, -0.2) is 9.59 Å². The molecule has 1 heterocycles. The van der Waals surface area contributed by atoms with Gasteiger partial charge in [0, 0.05) is 12.8 Å². The summed E-state index contributed by atoms with van der Waals surface area (Å²) in [6.07, 6.45) is -0.129. The first-order valence-electron chi connectivity index (χ1n) is 13.4. The van der Waals surface area contributed by atoms with Crippen LogP contribution >= 0.6 is 0 Å². The Bertz CT molecular complexity index is 1210. The van der Waals surface area contributed by atoms with E-state index in [1.54, 1.807) is 48.5 Å². The van der Waals surface area contributed by atoms with E-state index in [0.717, 1.165) is 0 Å². The van der Waals surface area contributed by atoms with Gasteiger partial charge >= 0.3 is 17.9 Å². The van der Waals surface area contributed by atoms with E-state index in [9.17, 15) is 14.4 Å². The van der Waals surface area contributed by atoms with Crippen molar-refractivity contribution in [3.63, 3.8) is 0 Å². The zero-order valence-corrected chi connectivity index (χ0v) is 22.6. The molecule has 2 aromatic rings. The maximum Gasteiger partial charge on any atom is 0.338 e. The second kappa shape index (κ2) is 9.53. The van der Waals surface area contributed by atoms with Crippen molar-refractivity contribution in [1.29, 1.82) is 0 Å². The van der Waals surface area contributed by atoms with Gasteiger partial charge in [0.15, 0.2) is 0 Å². The number of ether oxygens (including phenoxy) is 4. The minimum atomic E-state index is -1.04. The molecule has 2 bridgehead atoms. The lowest BCUT2D eigenvalue weighted by atomic mass is 9.49. The fourth-order valence-electron chi connectivity index (χ4n) is 7.32. The lowest BCUT2D eigenvalue weighted by Gasteiger charge is -2.61. The van der Waals surface area contributed by atoms with E-state index in [-0.39, 0.29) is 11.8 Å².